The molecule has 5 heteroatoms. The number of rotatable bonds is 2. The molecule has 0 radical (unpaired) electrons. The molecule has 0 spiro atoms. The molecule has 0 bridgehead atoms. The van der Waals surface area contributed by atoms with Gasteiger partial charge < -0.3 is 0 Å². The molecule has 0 aliphatic heterocycles. The van der Waals surface area contributed by atoms with Gasteiger partial charge in [0, 0.05) is 11.8 Å². The summed E-state index contributed by atoms with van der Waals surface area (Å²) in [6.07, 6.45) is 1.48. The second kappa shape index (κ2) is 4.71. The first kappa shape index (κ1) is 11.2. The van der Waals surface area contributed by atoms with Crippen LogP contribution in [0.3, 0.4) is 0 Å². The van der Waals surface area contributed by atoms with Gasteiger partial charge in [-0.3, -0.25) is 10.2 Å². The van der Waals surface area contributed by atoms with Gasteiger partial charge in [-0.25, -0.2) is 15.8 Å². The van der Waals surface area contributed by atoms with Crippen LogP contribution < -0.4 is 11.3 Å². The lowest BCUT2D eigenvalue weighted by Gasteiger charge is -2.07. The summed E-state index contributed by atoms with van der Waals surface area (Å²) < 4.78 is 0. The monoisotopic (exact) mass is 228 g/mol. The van der Waals surface area contributed by atoms with Gasteiger partial charge in [0.15, 0.2) is 0 Å². The molecule has 2 rings (SSSR count). The lowest BCUT2D eigenvalue weighted by molar-refractivity contribution is 0.0953. The minimum Gasteiger partial charge on any atom is -0.290 e. The number of carbonyl (C=O) groups excluding carboxylic acids is 1. The van der Waals surface area contributed by atoms with Gasteiger partial charge in [0.1, 0.15) is 5.82 Å². The van der Waals surface area contributed by atoms with Crippen LogP contribution in [0.4, 0.5) is 0 Å². The average molecular weight is 228 g/mol. The van der Waals surface area contributed by atoms with Crippen molar-refractivity contribution in [2.75, 3.05) is 0 Å². The van der Waals surface area contributed by atoms with E-state index < -0.39 is 5.91 Å². The summed E-state index contributed by atoms with van der Waals surface area (Å²) in [7, 11) is 0. The van der Waals surface area contributed by atoms with Gasteiger partial charge in [-0.05, 0) is 6.92 Å². The molecule has 86 valence electrons. The highest BCUT2D eigenvalue weighted by atomic mass is 16.2. The Morgan fingerprint density at radius 2 is 2.00 bits per heavy atom. The van der Waals surface area contributed by atoms with Crippen molar-refractivity contribution in [3.63, 3.8) is 0 Å². The third kappa shape index (κ3) is 2.29. The van der Waals surface area contributed by atoms with Crippen molar-refractivity contribution >= 4 is 5.91 Å². The van der Waals surface area contributed by atoms with E-state index in [0.717, 1.165) is 5.56 Å². The van der Waals surface area contributed by atoms with Gasteiger partial charge in [0.25, 0.3) is 5.91 Å². The van der Waals surface area contributed by atoms with E-state index in [4.69, 9.17) is 5.84 Å². The molecule has 0 saturated heterocycles. The van der Waals surface area contributed by atoms with Crippen molar-refractivity contribution in [2.24, 2.45) is 5.84 Å². The zero-order chi connectivity index (χ0) is 12.3. The highest BCUT2D eigenvalue weighted by Gasteiger charge is 2.13. The standard InChI is InChI=1S/C12H12N4O/c1-8-14-7-10(12(17)16-13)11(15-8)9-5-3-2-4-6-9/h2-7H,13H2,1H3,(H,16,17). The predicted molar refractivity (Wildman–Crippen MR) is 63.9 cm³/mol. The molecule has 1 amide bonds. The lowest BCUT2D eigenvalue weighted by atomic mass is 10.1. The minimum absolute atomic E-state index is 0.365. The summed E-state index contributed by atoms with van der Waals surface area (Å²) in [6, 6.07) is 9.44. The van der Waals surface area contributed by atoms with Crippen LogP contribution in [0.1, 0.15) is 16.2 Å². The Balaban J connectivity index is 2.59. The zero-order valence-electron chi connectivity index (χ0n) is 9.34. The zero-order valence-corrected chi connectivity index (χ0v) is 9.34. The van der Waals surface area contributed by atoms with Crippen LogP contribution in [0, 0.1) is 6.92 Å². The number of amides is 1. The summed E-state index contributed by atoms with van der Waals surface area (Å²) in [5.41, 5.74) is 3.90. The summed E-state index contributed by atoms with van der Waals surface area (Å²) in [6.45, 7) is 1.77. The molecule has 17 heavy (non-hydrogen) atoms. The highest BCUT2D eigenvalue weighted by molar-refractivity contribution is 5.99. The number of hydrazine groups is 1. The van der Waals surface area contributed by atoms with E-state index in [1.54, 1.807) is 6.92 Å². The van der Waals surface area contributed by atoms with Crippen LogP contribution in [0.5, 0.6) is 0 Å². The molecule has 0 unspecified atom stereocenters. The van der Waals surface area contributed by atoms with Crippen molar-refractivity contribution in [1.82, 2.24) is 15.4 Å². The van der Waals surface area contributed by atoms with Crippen molar-refractivity contribution in [3.05, 3.63) is 47.9 Å². The summed E-state index contributed by atoms with van der Waals surface area (Å²) in [5, 5.41) is 0. The first-order chi connectivity index (χ1) is 8.22. The smallest absolute Gasteiger partial charge is 0.268 e. The topological polar surface area (TPSA) is 80.9 Å². The maximum Gasteiger partial charge on any atom is 0.268 e. The van der Waals surface area contributed by atoms with E-state index >= 15 is 0 Å². The van der Waals surface area contributed by atoms with Crippen LogP contribution in [0.2, 0.25) is 0 Å². The first-order valence-electron chi connectivity index (χ1n) is 5.12. The maximum atomic E-state index is 11.6. The number of carbonyl (C=O) groups is 1. The average Bonchev–Trinajstić information content (AvgIpc) is 2.39. The molecular weight excluding hydrogens is 216 g/mol. The molecule has 0 aliphatic carbocycles. The Morgan fingerprint density at radius 1 is 1.29 bits per heavy atom. The molecule has 0 fully saturated rings. The number of hydrogen-bond donors (Lipinski definition) is 2. The van der Waals surface area contributed by atoms with Gasteiger partial charge in [-0.2, -0.15) is 0 Å². The number of benzene rings is 1. The second-order valence-electron chi connectivity index (χ2n) is 3.52. The van der Waals surface area contributed by atoms with Crippen molar-refractivity contribution in [3.8, 4) is 11.3 Å². The van der Waals surface area contributed by atoms with Gasteiger partial charge in [-0.1, -0.05) is 30.3 Å². The van der Waals surface area contributed by atoms with Crippen LogP contribution in [0.25, 0.3) is 11.3 Å². The lowest BCUT2D eigenvalue weighted by Crippen LogP contribution is -2.30. The van der Waals surface area contributed by atoms with Crippen molar-refractivity contribution in [2.45, 2.75) is 6.92 Å². The van der Waals surface area contributed by atoms with Crippen molar-refractivity contribution < 1.29 is 4.79 Å². The number of nitrogens with zero attached hydrogens (tertiary/aromatic N) is 2. The Hall–Kier alpha value is -2.27. The van der Waals surface area contributed by atoms with Crippen LogP contribution in [-0.2, 0) is 0 Å². The molecule has 1 aromatic carbocycles. The van der Waals surface area contributed by atoms with Crippen LogP contribution >= 0.6 is 0 Å². The number of hydrogen-bond acceptors (Lipinski definition) is 4. The quantitative estimate of drug-likeness (QED) is 0.457. The normalized spacial score (nSPS) is 10.0. The molecule has 0 aliphatic rings. The molecule has 5 nitrogen and oxygen atoms in total. The van der Waals surface area contributed by atoms with E-state index in [2.05, 4.69) is 15.4 Å². The maximum absolute atomic E-state index is 11.6. The van der Waals surface area contributed by atoms with E-state index in [1.807, 2.05) is 30.3 Å². The molecule has 0 atom stereocenters. The third-order valence-electron chi connectivity index (χ3n) is 2.33. The van der Waals surface area contributed by atoms with Crippen molar-refractivity contribution in [1.29, 1.82) is 0 Å². The first-order valence-corrected chi connectivity index (χ1v) is 5.12. The molecule has 1 heterocycles. The fourth-order valence-corrected chi connectivity index (χ4v) is 1.53. The van der Waals surface area contributed by atoms with E-state index in [9.17, 15) is 4.79 Å². The number of nitrogen functional groups attached to an aromatic ring is 1. The summed E-state index contributed by atoms with van der Waals surface area (Å²) in [5.74, 6) is 5.34. The summed E-state index contributed by atoms with van der Waals surface area (Å²) in [4.78, 5) is 19.9. The van der Waals surface area contributed by atoms with E-state index in [1.165, 1.54) is 6.20 Å². The highest BCUT2D eigenvalue weighted by Crippen LogP contribution is 2.20. The number of aryl methyl sites for hydroxylation is 1. The van der Waals surface area contributed by atoms with Gasteiger partial charge in [0.05, 0.1) is 11.3 Å². The van der Waals surface area contributed by atoms with Gasteiger partial charge >= 0.3 is 0 Å². The van der Waals surface area contributed by atoms with Crippen LogP contribution in [0.15, 0.2) is 36.5 Å². The SMILES string of the molecule is Cc1ncc(C(=O)NN)c(-c2ccccc2)n1. The fourth-order valence-electron chi connectivity index (χ4n) is 1.53. The largest absolute Gasteiger partial charge is 0.290 e. The Kier molecular flexibility index (Phi) is 3.11. The second-order valence-corrected chi connectivity index (χ2v) is 3.52. The minimum atomic E-state index is -0.399. The Bertz CT molecular complexity index is 539. The summed E-state index contributed by atoms with van der Waals surface area (Å²) >= 11 is 0. The number of nitrogens with two attached hydrogens (primary N) is 1. The molecule has 2 aromatic rings. The Labute approximate surface area is 98.7 Å². The molecular formula is C12H12N4O. The Morgan fingerprint density at radius 3 is 2.65 bits per heavy atom. The third-order valence-corrected chi connectivity index (χ3v) is 2.33. The van der Waals surface area contributed by atoms with Gasteiger partial charge in [0.2, 0.25) is 0 Å². The van der Waals surface area contributed by atoms with E-state index in [0.29, 0.717) is 17.1 Å². The number of nitrogens with one attached hydrogen (secondary N) is 1. The molecule has 3 N–H and O–H groups in total. The van der Waals surface area contributed by atoms with Gasteiger partial charge in [-0.15, -0.1) is 0 Å². The van der Waals surface area contributed by atoms with E-state index in [-0.39, 0.29) is 0 Å². The molecule has 0 saturated carbocycles. The van der Waals surface area contributed by atoms with Crippen LogP contribution in [-0.4, -0.2) is 15.9 Å². The number of aromatic nitrogens is 2. The molecule has 1 aromatic heterocycles. The predicted octanol–water partition coefficient (Wildman–Crippen LogP) is 1.06. The fraction of sp³-hybridized carbons (Fsp3) is 0.0833.